The van der Waals surface area contributed by atoms with Gasteiger partial charge in [0.1, 0.15) is 6.61 Å². The Kier molecular flexibility index (Phi) is 4.98. The van der Waals surface area contributed by atoms with E-state index in [1.54, 1.807) is 12.1 Å². The molecule has 1 unspecified atom stereocenters. The third-order valence-corrected chi connectivity index (χ3v) is 3.33. The van der Waals surface area contributed by atoms with Gasteiger partial charge in [0.05, 0.1) is 12.9 Å². The summed E-state index contributed by atoms with van der Waals surface area (Å²) in [5.74, 6) is 1.05. The van der Waals surface area contributed by atoms with Crippen LogP contribution >= 0.6 is 0 Å². The predicted octanol–water partition coefficient (Wildman–Crippen LogP) is 1.14. The summed E-state index contributed by atoms with van der Waals surface area (Å²) in [6.07, 6.45) is 1.17. The van der Waals surface area contributed by atoms with Crippen LogP contribution in [0.25, 0.3) is 0 Å². The van der Waals surface area contributed by atoms with Crippen LogP contribution in [0.15, 0.2) is 18.2 Å². The van der Waals surface area contributed by atoms with E-state index in [4.69, 9.17) is 15.2 Å². The molecule has 0 spiro atoms. The maximum atomic E-state index is 11.0. The monoisotopic (exact) mass is 273 g/mol. The van der Waals surface area contributed by atoms with Gasteiger partial charge in [-0.2, -0.15) is 0 Å². The molecule has 18 heavy (non-hydrogen) atoms. The third-order valence-electron chi connectivity index (χ3n) is 2.43. The van der Waals surface area contributed by atoms with Gasteiger partial charge in [0.15, 0.2) is 21.3 Å². The van der Waals surface area contributed by atoms with Crippen molar-refractivity contribution in [3.63, 3.8) is 0 Å². The summed E-state index contributed by atoms with van der Waals surface area (Å²) in [5.41, 5.74) is 6.70. The zero-order valence-electron chi connectivity index (χ0n) is 10.8. The molecule has 0 saturated carbocycles. The Morgan fingerprint density at radius 1 is 1.33 bits per heavy atom. The maximum Gasteiger partial charge on any atom is 0.161 e. The van der Waals surface area contributed by atoms with E-state index >= 15 is 0 Å². The summed E-state index contributed by atoms with van der Waals surface area (Å²) in [7, 11) is -1.49. The van der Waals surface area contributed by atoms with Crippen molar-refractivity contribution >= 4 is 9.84 Å². The first-order chi connectivity index (χ1) is 8.33. The SMILES string of the molecule is COc1cc(C(C)N)ccc1OCCS(C)(=O)=O. The molecule has 0 fully saturated rings. The molecule has 1 aromatic carbocycles. The Morgan fingerprint density at radius 2 is 2.00 bits per heavy atom. The minimum Gasteiger partial charge on any atom is -0.493 e. The van der Waals surface area contributed by atoms with Crippen molar-refractivity contribution in [2.24, 2.45) is 5.73 Å². The van der Waals surface area contributed by atoms with Crippen molar-refractivity contribution in [2.75, 3.05) is 25.7 Å². The smallest absolute Gasteiger partial charge is 0.161 e. The Hall–Kier alpha value is -1.27. The molecule has 0 saturated heterocycles. The number of nitrogens with two attached hydrogens (primary N) is 1. The minimum atomic E-state index is -3.02. The van der Waals surface area contributed by atoms with E-state index in [9.17, 15) is 8.42 Å². The number of sulfone groups is 1. The molecule has 102 valence electrons. The molecule has 5 nitrogen and oxygen atoms in total. The van der Waals surface area contributed by atoms with Crippen molar-refractivity contribution in [1.29, 1.82) is 0 Å². The van der Waals surface area contributed by atoms with Crippen molar-refractivity contribution in [2.45, 2.75) is 13.0 Å². The zero-order chi connectivity index (χ0) is 13.8. The first-order valence-electron chi connectivity index (χ1n) is 5.57. The second-order valence-corrected chi connectivity index (χ2v) is 6.44. The molecule has 2 N–H and O–H groups in total. The highest BCUT2D eigenvalue weighted by Crippen LogP contribution is 2.29. The van der Waals surface area contributed by atoms with Gasteiger partial charge in [0, 0.05) is 12.3 Å². The highest BCUT2D eigenvalue weighted by atomic mass is 32.2. The molecular formula is C12H19NO4S. The van der Waals surface area contributed by atoms with Gasteiger partial charge in [-0.05, 0) is 24.6 Å². The molecule has 0 aliphatic heterocycles. The highest BCUT2D eigenvalue weighted by Gasteiger charge is 2.09. The quantitative estimate of drug-likeness (QED) is 0.840. The summed E-state index contributed by atoms with van der Waals surface area (Å²) in [6.45, 7) is 1.98. The maximum absolute atomic E-state index is 11.0. The summed E-state index contributed by atoms with van der Waals surface area (Å²) in [4.78, 5) is 0. The molecule has 6 heteroatoms. The third kappa shape index (κ3) is 4.54. The number of methoxy groups -OCH3 is 1. The Morgan fingerprint density at radius 3 is 2.50 bits per heavy atom. The lowest BCUT2D eigenvalue weighted by atomic mass is 10.1. The van der Waals surface area contributed by atoms with Crippen LogP contribution in [-0.4, -0.2) is 34.1 Å². The molecule has 1 rings (SSSR count). The molecule has 0 bridgehead atoms. The van der Waals surface area contributed by atoms with Crippen molar-refractivity contribution in [3.8, 4) is 11.5 Å². The van der Waals surface area contributed by atoms with E-state index < -0.39 is 9.84 Å². The fraction of sp³-hybridized carbons (Fsp3) is 0.500. The lowest BCUT2D eigenvalue weighted by molar-refractivity contribution is 0.311. The molecule has 1 atom stereocenters. The summed E-state index contributed by atoms with van der Waals surface area (Å²) in [6, 6.07) is 5.27. The molecule has 0 amide bonds. The number of benzene rings is 1. The van der Waals surface area contributed by atoms with E-state index in [0.29, 0.717) is 11.5 Å². The minimum absolute atomic E-state index is 0.0226. The first-order valence-corrected chi connectivity index (χ1v) is 7.63. The van der Waals surface area contributed by atoms with Crippen molar-refractivity contribution in [1.82, 2.24) is 0 Å². The second kappa shape index (κ2) is 6.06. The van der Waals surface area contributed by atoms with Crippen LogP contribution in [0.5, 0.6) is 11.5 Å². The van der Waals surface area contributed by atoms with Gasteiger partial charge in [0.25, 0.3) is 0 Å². The van der Waals surface area contributed by atoms with Crippen LogP contribution in [0.4, 0.5) is 0 Å². The van der Waals surface area contributed by atoms with Crippen LogP contribution in [0.3, 0.4) is 0 Å². The van der Waals surface area contributed by atoms with Gasteiger partial charge < -0.3 is 15.2 Å². The standard InChI is InChI=1S/C12H19NO4S/c1-9(13)10-4-5-11(12(8-10)16-2)17-6-7-18(3,14)15/h4-5,8-9H,6-7,13H2,1-3H3. The van der Waals surface area contributed by atoms with Crippen LogP contribution in [0.1, 0.15) is 18.5 Å². The lowest BCUT2D eigenvalue weighted by Crippen LogP contribution is -2.12. The van der Waals surface area contributed by atoms with Gasteiger partial charge >= 0.3 is 0 Å². The average Bonchev–Trinajstić information content (AvgIpc) is 2.27. The van der Waals surface area contributed by atoms with Gasteiger partial charge in [-0.3, -0.25) is 0 Å². The second-order valence-electron chi connectivity index (χ2n) is 4.18. The number of rotatable bonds is 6. The number of hydrogen-bond donors (Lipinski definition) is 1. The van der Waals surface area contributed by atoms with Gasteiger partial charge in [-0.1, -0.05) is 6.07 Å². The van der Waals surface area contributed by atoms with Gasteiger partial charge in [0.2, 0.25) is 0 Å². The normalized spacial score (nSPS) is 13.1. The first kappa shape index (κ1) is 14.8. The summed E-state index contributed by atoms with van der Waals surface area (Å²) in [5, 5.41) is 0. The van der Waals surface area contributed by atoms with Gasteiger partial charge in [-0.25, -0.2) is 8.42 Å². The summed E-state index contributed by atoms with van der Waals surface area (Å²) >= 11 is 0. The van der Waals surface area contributed by atoms with Crippen LogP contribution < -0.4 is 15.2 Å². The van der Waals surface area contributed by atoms with E-state index in [1.165, 1.54) is 13.4 Å². The number of hydrogen-bond acceptors (Lipinski definition) is 5. The Bertz CT molecular complexity index is 497. The lowest BCUT2D eigenvalue weighted by Gasteiger charge is -2.13. The van der Waals surface area contributed by atoms with Crippen molar-refractivity contribution < 1.29 is 17.9 Å². The molecule has 1 aromatic rings. The van der Waals surface area contributed by atoms with E-state index in [-0.39, 0.29) is 18.4 Å². The van der Waals surface area contributed by atoms with E-state index in [2.05, 4.69) is 0 Å². The molecule has 0 aromatic heterocycles. The van der Waals surface area contributed by atoms with E-state index in [0.717, 1.165) is 5.56 Å². The Labute approximate surface area is 108 Å². The molecular weight excluding hydrogens is 254 g/mol. The van der Waals surface area contributed by atoms with Crippen LogP contribution in [-0.2, 0) is 9.84 Å². The van der Waals surface area contributed by atoms with E-state index in [1.807, 2.05) is 13.0 Å². The average molecular weight is 273 g/mol. The Balaban J connectivity index is 2.77. The zero-order valence-corrected chi connectivity index (χ0v) is 11.7. The number of ether oxygens (including phenoxy) is 2. The predicted molar refractivity (Wildman–Crippen MR) is 70.8 cm³/mol. The molecule has 0 aliphatic carbocycles. The van der Waals surface area contributed by atoms with Crippen LogP contribution in [0, 0.1) is 0 Å². The fourth-order valence-corrected chi connectivity index (χ4v) is 1.78. The van der Waals surface area contributed by atoms with Crippen LogP contribution in [0.2, 0.25) is 0 Å². The molecule has 0 aliphatic rings. The fourth-order valence-electron chi connectivity index (χ4n) is 1.39. The summed E-state index contributed by atoms with van der Waals surface area (Å²) < 4.78 is 32.6. The molecule has 0 radical (unpaired) electrons. The van der Waals surface area contributed by atoms with Crippen molar-refractivity contribution in [3.05, 3.63) is 23.8 Å². The topological polar surface area (TPSA) is 78.6 Å². The largest absolute Gasteiger partial charge is 0.493 e. The van der Waals surface area contributed by atoms with Gasteiger partial charge in [-0.15, -0.1) is 0 Å². The molecule has 0 heterocycles. The highest BCUT2D eigenvalue weighted by molar-refractivity contribution is 7.90.